The molecule has 0 spiro atoms. The van der Waals surface area contributed by atoms with Gasteiger partial charge in [0.1, 0.15) is 0 Å². The molecule has 0 aromatic carbocycles. The van der Waals surface area contributed by atoms with Crippen molar-refractivity contribution in [2.24, 2.45) is 0 Å². The molecule has 0 radical (unpaired) electrons. The summed E-state index contributed by atoms with van der Waals surface area (Å²) in [5.74, 6) is 0. The standard InChI is InChI=1S/3C24H18N4.2CH3.Fe/c3*1(19-5-11-25-12-6-19)3-21-9-15-27-23(17-21)24-18-22(10-16-28-24)4-2-20-7-13-26-14-8-20;;;/h3*1-18H;2*1H3;/q;;;2*-1;+2/b3*3-1+,4-2+;;;. The van der Waals surface area contributed by atoms with Crippen molar-refractivity contribution in [1.82, 2.24) is 59.8 Å². The van der Waals surface area contributed by atoms with Gasteiger partial charge in [0.25, 0.3) is 0 Å². The van der Waals surface area contributed by atoms with E-state index in [4.69, 9.17) is 0 Å². The monoisotopic (exact) mass is 1170 g/mol. The molecule has 0 amide bonds. The molecule has 12 heterocycles. The summed E-state index contributed by atoms with van der Waals surface area (Å²) in [5.41, 5.74) is 18.1. The Kier molecular flexibility index (Phi) is 25.0. The third kappa shape index (κ3) is 20.6. The molecule has 0 atom stereocenters. The molecule has 0 N–H and O–H groups in total. The van der Waals surface area contributed by atoms with Crippen LogP contribution in [0.3, 0.4) is 0 Å². The summed E-state index contributed by atoms with van der Waals surface area (Å²) in [6, 6.07) is 47.8. The third-order valence-corrected chi connectivity index (χ3v) is 12.5. The Morgan fingerprint density at radius 1 is 0.161 bits per heavy atom. The van der Waals surface area contributed by atoms with E-state index >= 15 is 0 Å². The molecule has 0 saturated carbocycles. The number of nitrogens with zero attached hydrogens (tertiary/aromatic N) is 12. The van der Waals surface area contributed by atoms with Crippen LogP contribution in [0.4, 0.5) is 0 Å². The summed E-state index contributed by atoms with van der Waals surface area (Å²) >= 11 is 0. The van der Waals surface area contributed by atoms with Gasteiger partial charge in [0.2, 0.25) is 0 Å². The molecule has 424 valence electrons. The molecular formula is C74H60FeN12. The minimum atomic E-state index is 0. The Bertz CT molecular complexity index is 3480. The molecule has 0 unspecified atom stereocenters. The second kappa shape index (κ2) is 34.4. The van der Waals surface area contributed by atoms with Gasteiger partial charge in [0.05, 0.1) is 34.2 Å². The maximum Gasteiger partial charge on any atom is 2.00 e. The van der Waals surface area contributed by atoms with Gasteiger partial charge in [-0.3, -0.25) is 59.8 Å². The van der Waals surface area contributed by atoms with Crippen LogP contribution in [0.15, 0.2) is 257 Å². The van der Waals surface area contributed by atoms with E-state index in [1.54, 1.807) is 74.4 Å². The fraction of sp³-hybridized carbons (Fsp3) is 0. The topological polar surface area (TPSA) is 155 Å². The number of hydrogen-bond acceptors (Lipinski definition) is 12. The Morgan fingerprint density at radius 2 is 0.276 bits per heavy atom. The molecule has 87 heavy (non-hydrogen) atoms. The largest absolute Gasteiger partial charge is 2.00 e. The quantitative estimate of drug-likeness (QED) is 0.0709. The summed E-state index contributed by atoms with van der Waals surface area (Å²) in [7, 11) is 0. The van der Waals surface area contributed by atoms with Crippen LogP contribution in [-0.2, 0) is 17.1 Å². The Hall–Kier alpha value is -11.2. The third-order valence-electron chi connectivity index (χ3n) is 12.5. The SMILES string of the molecule is C(=C\c1ccnc(-c2cc(/C=C/c3ccncc3)ccn2)c1)/c1ccncc1.C(=C\c1ccnc(-c2cc(/C=C/c3ccncc3)ccn2)c1)/c1ccncc1.C(=C\c1ccnc(-c2cc(/C=C/c3ccncc3)ccn2)c1)/c1ccncc1.[CH3-].[CH3-].[Fe+2]. The fourth-order valence-corrected chi connectivity index (χ4v) is 8.15. The van der Waals surface area contributed by atoms with Crippen LogP contribution in [-0.4, -0.2) is 59.8 Å². The Balaban J connectivity index is 0.000000183. The van der Waals surface area contributed by atoms with E-state index in [0.29, 0.717) is 0 Å². The van der Waals surface area contributed by atoms with Crippen LogP contribution in [0.1, 0.15) is 66.8 Å². The predicted molar refractivity (Wildman–Crippen MR) is 354 cm³/mol. The van der Waals surface area contributed by atoms with E-state index in [9.17, 15) is 0 Å². The van der Waals surface area contributed by atoms with Crippen molar-refractivity contribution in [2.45, 2.75) is 0 Å². The van der Waals surface area contributed by atoms with Crippen LogP contribution >= 0.6 is 0 Å². The van der Waals surface area contributed by atoms with Gasteiger partial charge in [0, 0.05) is 112 Å². The zero-order valence-electron chi connectivity index (χ0n) is 47.9. The van der Waals surface area contributed by atoms with E-state index in [0.717, 1.165) is 101 Å². The van der Waals surface area contributed by atoms with Gasteiger partial charge >= 0.3 is 17.1 Å². The first-order valence-electron chi connectivity index (χ1n) is 26.9. The Morgan fingerprint density at radius 3 is 0.414 bits per heavy atom. The molecule has 12 nitrogen and oxygen atoms in total. The van der Waals surface area contributed by atoms with Crippen LogP contribution in [0.25, 0.3) is 107 Å². The first-order valence-corrected chi connectivity index (χ1v) is 26.9. The maximum atomic E-state index is 4.49. The minimum absolute atomic E-state index is 0. The van der Waals surface area contributed by atoms with Crippen molar-refractivity contribution in [2.75, 3.05) is 0 Å². The summed E-state index contributed by atoms with van der Waals surface area (Å²) in [6.45, 7) is 0. The minimum Gasteiger partial charge on any atom is -0.358 e. The van der Waals surface area contributed by atoms with Gasteiger partial charge in [-0.05, 0) is 212 Å². The summed E-state index contributed by atoms with van der Waals surface area (Å²) in [6.07, 6.45) is 57.0. The van der Waals surface area contributed by atoms with Gasteiger partial charge in [-0.1, -0.05) is 72.9 Å². The average Bonchev–Trinajstić information content (AvgIpc) is 3.78. The zero-order valence-corrected chi connectivity index (χ0v) is 49.0. The smallest absolute Gasteiger partial charge is 0.358 e. The predicted octanol–water partition coefficient (Wildman–Crippen LogP) is 16.7. The fourth-order valence-electron chi connectivity index (χ4n) is 8.15. The summed E-state index contributed by atoms with van der Waals surface area (Å²) in [4.78, 5) is 51.1. The second-order valence-corrected chi connectivity index (χ2v) is 18.5. The van der Waals surface area contributed by atoms with Crippen LogP contribution in [0, 0.1) is 14.9 Å². The Labute approximate surface area is 519 Å². The van der Waals surface area contributed by atoms with Crippen molar-refractivity contribution in [1.29, 1.82) is 0 Å². The molecule has 13 heteroatoms. The molecule has 0 bridgehead atoms. The molecule has 12 aromatic heterocycles. The molecule has 0 aliphatic carbocycles. The first-order chi connectivity index (χ1) is 41.6. The average molecular weight is 1170 g/mol. The van der Waals surface area contributed by atoms with Crippen LogP contribution < -0.4 is 0 Å². The summed E-state index contributed by atoms with van der Waals surface area (Å²) in [5, 5.41) is 0. The first kappa shape index (κ1) is 63.3. The molecule has 0 saturated heterocycles. The zero-order chi connectivity index (χ0) is 57.1. The number of rotatable bonds is 15. The molecule has 12 rings (SSSR count). The molecule has 0 fully saturated rings. The number of pyridine rings is 12. The van der Waals surface area contributed by atoms with Crippen LogP contribution in [0.2, 0.25) is 0 Å². The van der Waals surface area contributed by atoms with E-state index < -0.39 is 0 Å². The van der Waals surface area contributed by atoms with E-state index in [2.05, 4.69) is 133 Å². The van der Waals surface area contributed by atoms with Crippen molar-refractivity contribution in [3.63, 3.8) is 0 Å². The van der Waals surface area contributed by atoms with E-state index in [-0.39, 0.29) is 31.9 Å². The van der Waals surface area contributed by atoms with Gasteiger partial charge < -0.3 is 14.9 Å². The van der Waals surface area contributed by atoms with E-state index in [1.807, 2.05) is 183 Å². The van der Waals surface area contributed by atoms with Crippen molar-refractivity contribution in [3.8, 4) is 34.2 Å². The molecular weight excluding hydrogens is 1110 g/mol. The molecule has 0 aliphatic heterocycles. The number of hydrogen-bond donors (Lipinski definition) is 0. The van der Waals surface area contributed by atoms with Crippen molar-refractivity contribution >= 4 is 72.9 Å². The van der Waals surface area contributed by atoms with Gasteiger partial charge in [0.15, 0.2) is 0 Å². The summed E-state index contributed by atoms with van der Waals surface area (Å²) < 4.78 is 0. The molecule has 12 aromatic rings. The number of aromatic nitrogens is 12. The van der Waals surface area contributed by atoms with Crippen molar-refractivity contribution < 1.29 is 17.1 Å². The van der Waals surface area contributed by atoms with E-state index in [1.165, 1.54) is 0 Å². The van der Waals surface area contributed by atoms with Crippen LogP contribution in [0.5, 0.6) is 0 Å². The van der Waals surface area contributed by atoms with Gasteiger partial charge in [-0.15, -0.1) is 0 Å². The van der Waals surface area contributed by atoms with Gasteiger partial charge in [-0.25, -0.2) is 0 Å². The normalized spacial score (nSPS) is 10.9. The molecule has 0 aliphatic rings. The second-order valence-electron chi connectivity index (χ2n) is 18.5. The van der Waals surface area contributed by atoms with Crippen molar-refractivity contribution in [3.05, 3.63) is 339 Å². The van der Waals surface area contributed by atoms with Gasteiger partial charge in [-0.2, -0.15) is 0 Å². The maximum absolute atomic E-state index is 4.49.